The summed E-state index contributed by atoms with van der Waals surface area (Å²) >= 11 is 0. The zero-order valence-electron chi connectivity index (χ0n) is 16.1. The summed E-state index contributed by atoms with van der Waals surface area (Å²) in [5, 5.41) is 7.98. The van der Waals surface area contributed by atoms with Crippen molar-refractivity contribution in [2.24, 2.45) is 11.1 Å². The van der Waals surface area contributed by atoms with Crippen molar-refractivity contribution in [2.75, 3.05) is 5.32 Å². The molecule has 1 aliphatic carbocycles. The molecule has 0 radical (unpaired) electrons. The van der Waals surface area contributed by atoms with Crippen LogP contribution in [0.15, 0.2) is 42.7 Å². The Morgan fingerprint density at radius 2 is 2.18 bits per heavy atom. The first kappa shape index (κ1) is 18.1. The van der Waals surface area contributed by atoms with Crippen LogP contribution in [0.5, 0.6) is 0 Å². The third-order valence-electron chi connectivity index (χ3n) is 5.79. The Bertz CT molecular complexity index is 1110. The van der Waals surface area contributed by atoms with Gasteiger partial charge in [-0.1, -0.05) is 38.5 Å². The summed E-state index contributed by atoms with van der Waals surface area (Å²) in [6.07, 6.45) is 6.80. The zero-order valence-corrected chi connectivity index (χ0v) is 16.1. The van der Waals surface area contributed by atoms with Crippen LogP contribution in [0.25, 0.3) is 21.5 Å². The first-order valence-electron chi connectivity index (χ1n) is 9.45. The predicted octanol–water partition coefficient (Wildman–Crippen LogP) is 4.64. The summed E-state index contributed by atoms with van der Waals surface area (Å²) in [7, 11) is 0. The number of nitrogens with zero attached hydrogens (tertiary/aromatic N) is 3. The maximum absolute atomic E-state index is 12.1. The molecular formula is C22H23N5O. The molecule has 2 heterocycles. The van der Waals surface area contributed by atoms with Gasteiger partial charge >= 0.3 is 0 Å². The fourth-order valence-corrected chi connectivity index (χ4v) is 4.08. The fraction of sp³-hybridized carbons (Fsp3) is 0.318. The van der Waals surface area contributed by atoms with Gasteiger partial charge in [-0.15, -0.1) is 0 Å². The Hall–Kier alpha value is -3.33. The van der Waals surface area contributed by atoms with Crippen molar-refractivity contribution in [3.63, 3.8) is 0 Å². The molecule has 142 valence electrons. The van der Waals surface area contributed by atoms with E-state index in [2.05, 4.69) is 29.1 Å². The van der Waals surface area contributed by atoms with Gasteiger partial charge in [0.15, 0.2) is 5.69 Å². The quantitative estimate of drug-likeness (QED) is 0.654. The molecule has 0 saturated heterocycles. The van der Waals surface area contributed by atoms with Crippen LogP contribution < -0.4 is 11.1 Å². The highest BCUT2D eigenvalue weighted by Gasteiger charge is 2.35. The zero-order chi connectivity index (χ0) is 19.9. The number of hydrogen-bond donors (Lipinski definition) is 2. The maximum atomic E-state index is 12.1. The molecule has 0 bridgehead atoms. The van der Waals surface area contributed by atoms with E-state index in [1.54, 1.807) is 10.6 Å². The van der Waals surface area contributed by atoms with Crippen molar-refractivity contribution in [3.05, 3.63) is 59.7 Å². The lowest BCUT2D eigenvalue weighted by Crippen LogP contribution is -2.32. The highest BCUT2D eigenvalue weighted by molar-refractivity contribution is 6.02. The van der Waals surface area contributed by atoms with E-state index in [1.165, 1.54) is 6.20 Å². The summed E-state index contributed by atoms with van der Waals surface area (Å²) in [5.41, 5.74) is 10.2. The number of primary amides is 1. The van der Waals surface area contributed by atoms with Crippen LogP contribution >= 0.6 is 0 Å². The lowest BCUT2D eigenvalue weighted by molar-refractivity contribution is 0.100. The highest BCUT2D eigenvalue weighted by Crippen LogP contribution is 2.40. The number of hydrogen-bond acceptors (Lipinski definition) is 3. The summed E-state index contributed by atoms with van der Waals surface area (Å²) in [4.78, 5) is 15.6. The molecule has 3 aromatic rings. The fourth-order valence-electron chi connectivity index (χ4n) is 4.08. The van der Waals surface area contributed by atoms with Crippen LogP contribution in [-0.4, -0.2) is 21.6 Å². The molecule has 1 amide bonds. The van der Waals surface area contributed by atoms with Gasteiger partial charge in [-0.05, 0) is 36.0 Å². The van der Waals surface area contributed by atoms with Crippen molar-refractivity contribution < 1.29 is 4.79 Å². The number of nitrogens with one attached hydrogen (secondary N) is 1. The number of aromatic nitrogens is 2. The first-order valence-corrected chi connectivity index (χ1v) is 9.45. The first-order chi connectivity index (χ1) is 13.4. The van der Waals surface area contributed by atoms with Gasteiger partial charge in [0.05, 0.1) is 29.5 Å². The Morgan fingerprint density at radius 1 is 1.36 bits per heavy atom. The van der Waals surface area contributed by atoms with E-state index in [-0.39, 0.29) is 11.5 Å². The second kappa shape index (κ2) is 6.68. The minimum Gasteiger partial charge on any atom is -0.379 e. The smallest absolute Gasteiger partial charge is 0.252 e. The molecule has 0 spiro atoms. The summed E-state index contributed by atoms with van der Waals surface area (Å²) < 4.78 is 1.76. The van der Waals surface area contributed by atoms with Gasteiger partial charge in [0, 0.05) is 17.8 Å². The summed E-state index contributed by atoms with van der Waals surface area (Å²) in [6.45, 7) is 11.7. The number of nitrogens with two attached hydrogens (primary N) is 1. The van der Waals surface area contributed by atoms with Crippen LogP contribution in [0, 0.1) is 12.0 Å². The molecule has 1 aliphatic rings. The van der Waals surface area contributed by atoms with Gasteiger partial charge in [0.1, 0.15) is 0 Å². The second-order valence-electron chi connectivity index (χ2n) is 8.10. The molecule has 1 aromatic carbocycles. The molecule has 3 N–H and O–H groups in total. The summed E-state index contributed by atoms with van der Waals surface area (Å²) in [5.74, 6) is -0.494. The van der Waals surface area contributed by atoms with E-state index in [1.807, 2.05) is 30.5 Å². The molecule has 0 unspecified atom stereocenters. The Balaban J connectivity index is 1.84. The van der Waals surface area contributed by atoms with Gasteiger partial charge in [-0.3, -0.25) is 4.79 Å². The normalized spacial score (nSPS) is 18.1. The largest absolute Gasteiger partial charge is 0.379 e. The van der Waals surface area contributed by atoms with Crippen molar-refractivity contribution in [1.82, 2.24) is 9.61 Å². The number of amides is 1. The third-order valence-corrected chi connectivity index (χ3v) is 5.79. The van der Waals surface area contributed by atoms with Gasteiger partial charge in [0.25, 0.3) is 5.91 Å². The van der Waals surface area contributed by atoms with Crippen molar-refractivity contribution >= 4 is 22.8 Å². The van der Waals surface area contributed by atoms with Gasteiger partial charge in [0.2, 0.25) is 0 Å². The summed E-state index contributed by atoms with van der Waals surface area (Å²) in [6, 6.07) is 9.72. The molecular weight excluding hydrogens is 350 g/mol. The van der Waals surface area contributed by atoms with Crippen molar-refractivity contribution in [2.45, 2.75) is 39.2 Å². The van der Waals surface area contributed by atoms with E-state index in [4.69, 9.17) is 12.3 Å². The molecule has 4 rings (SSSR count). The van der Waals surface area contributed by atoms with Gasteiger partial charge in [-0.25, -0.2) is 9.36 Å². The number of carbonyl (C=O) groups excluding carboxylic acids is 1. The lowest BCUT2D eigenvalue weighted by Gasteiger charge is -2.29. The van der Waals surface area contributed by atoms with Crippen LogP contribution in [-0.2, 0) is 0 Å². The molecule has 1 atom stereocenters. The molecule has 2 aromatic heterocycles. The monoisotopic (exact) mass is 373 g/mol. The Labute approximate surface area is 164 Å². The Morgan fingerprint density at radius 3 is 2.86 bits per heavy atom. The predicted molar refractivity (Wildman–Crippen MR) is 110 cm³/mol. The molecule has 6 heteroatoms. The van der Waals surface area contributed by atoms with E-state index in [9.17, 15) is 4.79 Å². The van der Waals surface area contributed by atoms with E-state index in [0.717, 1.165) is 41.6 Å². The average Bonchev–Trinajstić information content (AvgIpc) is 3.25. The van der Waals surface area contributed by atoms with Gasteiger partial charge < -0.3 is 11.1 Å². The van der Waals surface area contributed by atoms with Crippen molar-refractivity contribution in [1.29, 1.82) is 0 Å². The topological polar surface area (TPSA) is 76.8 Å². The standard InChI is InChI=1S/C22H23N5O/c1-22(2)9-5-8-19(22)26-20-17(21(23)28)12-25-27-13-15(11-18(20)27)14-6-4-7-16(10-14)24-3/h4,6-7,10-13,19,26H,5,8-9H2,1-2H3,(H2,23,28)/t19-/m1/s1. The van der Waals surface area contributed by atoms with Crippen LogP contribution in [0.3, 0.4) is 0 Å². The highest BCUT2D eigenvalue weighted by atomic mass is 16.1. The van der Waals surface area contributed by atoms with Crippen LogP contribution in [0.4, 0.5) is 11.4 Å². The average molecular weight is 373 g/mol. The van der Waals surface area contributed by atoms with E-state index >= 15 is 0 Å². The molecule has 0 aliphatic heterocycles. The number of fused-ring (bicyclic) bond motifs is 1. The van der Waals surface area contributed by atoms with Crippen LogP contribution in [0.1, 0.15) is 43.5 Å². The second-order valence-corrected chi connectivity index (χ2v) is 8.10. The minimum absolute atomic E-state index is 0.147. The van der Waals surface area contributed by atoms with Crippen molar-refractivity contribution in [3.8, 4) is 11.1 Å². The molecule has 28 heavy (non-hydrogen) atoms. The molecule has 1 fully saturated rings. The number of rotatable bonds is 4. The number of anilines is 1. The van der Waals surface area contributed by atoms with E-state index < -0.39 is 5.91 Å². The molecule has 6 nitrogen and oxygen atoms in total. The van der Waals surface area contributed by atoms with Gasteiger partial charge in [-0.2, -0.15) is 5.10 Å². The van der Waals surface area contributed by atoms with E-state index in [0.29, 0.717) is 11.3 Å². The SMILES string of the molecule is [C-]#[N+]c1cccc(-c2cc3c(N[C@@H]4CCCC4(C)C)c(C(N)=O)cnn3c2)c1. The third kappa shape index (κ3) is 3.09. The lowest BCUT2D eigenvalue weighted by atomic mass is 9.87. The van der Waals surface area contributed by atoms with Crippen LogP contribution in [0.2, 0.25) is 0 Å². The number of benzene rings is 1. The number of carbonyl (C=O) groups is 1. The Kier molecular flexibility index (Phi) is 4.31. The molecule has 1 saturated carbocycles. The minimum atomic E-state index is -0.494. The maximum Gasteiger partial charge on any atom is 0.252 e.